The van der Waals surface area contributed by atoms with Gasteiger partial charge in [-0.05, 0) is 44.2 Å². The summed E-state index contributed by atoms with van der Waals surface area (Å²) in [6.07, 6.45) is 2.98. The van der Waals surface area contributed by atoms with Crippen LogP contribution >= 0.6 is 0 Å². The van der Waals surface area contributed by atoms with Gasteiger partial charge in [0.15, 0.2) is 0 Å². The van der Waals surface area contributed by atoms with Crippen LogP contribution in [0.1, 0.15) is 17.0 Å². The van der Waals surface area contributed by atoms with Crippen molar-refractivity contribution in [2.75, 3.05) is 0 Å². The molecule has 0 unspecified atom stereocenters. The number of rotatable bonds is 2. The first-order chi connectivity index (χ1) is 10.1. The Morgan fingerprint density at radius 1 is 1.10 bits per heavy atom. The fourth-order valence-electron chi connectivity index (χ4n) is 2.45. The lowest BCUT2D eigenvalue weighted by molar-refractivity contribution is 0.627. The monoisotopic (exact) mass is 283 g/mol. The standard InChI is InChI=1S/C15H14FN5/c1-10-7-14(15(17)20-8-18-19-9-20)11(2)21(10)13-5-3-12(16)4-6-13/h3-9,17H,1-2H3. The number of hydrogen-bond donors (Lipinski definition) is 1. The average molecular weight is 283 g/mol. The van der Waals surface area contributed by atoms with E-state index >= 15 is 0 Å². The van der Waals surface area contributed by atoms with E-state index in [1.807, 2.05) is 24.5 Å². The number of nitrogens with one attached hydrogen (secondary N) is 1. The Labute approximate surface area is 121 Å². The van der Waals surface area contributed by atoms with Gasteiger partial charge >= 0.3 is 0 Å². The van der Waals surface area contributed by atoms with Crippen molar-refractivity contribution in [1.82, 2.24) is 19.3 Å². The van der Waals surface area contributed by atoms with Gasteiger partial charge in [0, 0.05) is 22.6 Å². The zero-order chi connectivity index (χ0) is 15.0. The van der Waals surface area contributed by atoms with Crippen LogP contribution in [0.15, 0.2) is 43.0 Å². The highest BCUT2D eigenvalue weighted by Gasteiger charge is 2.15. The molecule has 106 valence electrons. The molecular formula is C15H14FN5. The number of halogens is 1. The molecule has 0 bridgehead atoms. The zero-order valence-electron chi connectivity index (χ0n) is 11.7. The first kappa shape index (κ1) is 13.2. The Kier molecular flexibility index (Phi) is 3.13. The topological polar surface area (TPSA) is 59.5 Å². The molecule has 2 aromatic heterocycles. The van der Waals surface area contributed by atoms with Gasteiger partial charge in [-0.2, -0.15) is 0 Å². The van der Waals surface area contributed by atoms with Gasteiger partial charge in [-0.25, -0.2) is 4.39 Å². The molecule has 0 fully saturated rings. The van der Waals surface area contributed by atoms with Crippen LogP contribution < -0.4 is 0 Å². The van der Waals surface area contributed by atoms with E-state index in [0.717, 1.165) is 22.6 Å². The average Bonchev–Trinajstić information content (AvgIpc) is 3.08. The molecule has 21 heavy (non-hydrogen) atoms. The molecule has 0 amide bonds. The van der Waals surface area contributed by atoms with Crippen molar-refractivity contribution in [3.8, 4) is 5.69 Å². The maximum Gasteiger partial charge on any atom is 0.140 e. The Hall–Kier alpha value is -2.76. The quantitative estimate of drug-likeness (QED) is 0.580. The molecule has 0 saturated heterocycles. The Morgan fingerprint density at radius 2 is 1.71 bits per heavy atom. The van der Waals surface area contributed by atoms with E-state index in [0.29, 0.717) is 5.84 Å². The number of aryl methyl sites for hydroxylation is 1. The molecule has 6 heteroatoms. The summed E-state index contributed by atoms with van der Waals surface area (Å²) in [5.74, 6) is 0.0418. The third-order valence-electron chi connectivity index (χ3n) is 3.45. The minimum atomic E-state index is -0.265. The maximum absolute atomic E-state index is 13.1. The highest BCUT2D eigenvalue weighted by molar-refractivity contribution is 5.99. The van der Waals surface area contributed by atoms with Gasteiger partial charge in [0.05, 0.1) is 0 Å². The SMILES string of the molecule is Cc1cc(C(=N)n2cnnc2)c(C)n1-c1ccc(F)cc1. The van der Waals surface area contributed by atoms with Crippen molar-refractivity contribution in [3.05, 3.63) is 65.8 Å². The van der Waals surface area contributed by atoms with Crippen LogP contribution in [0.4, 0.5) is 4.39 Å². The first-order valence-corrected chi connectivity index (χ1v) is 6.46. The summed E-state index contributed by atoms with van der Waals surface area (Å²) < 4.78 is 16.6. The second-order valence-electron chi connectivity index (χ2n) is 4.81. The fraction of sp³-hybridized carbons (Fsp3) is 0.133. The lowest BCUT2D eigenvalue weighted by atomic mass is 10.2. The van der Waals surface area contributed by atoms with Crippen LogP contribution in [-0.2, 0) is 0 Å². The molecule has 5 nitrogen and oxygen atoms in total. The minimum Gasteiger partial charge on any atom is -0.318 e. The molecule has 0 aliphatic rings. The van der Waals surface area contributed by atoms with Crippen molar-refractivity contribution >= 4 is 5.84 Å². The molecule has 2 heterocycles. The van der Waals surface area contributed by atoms with E-state index in [2.05, 4.69) is 10.2 Å². The lowest BCUT2D eigenvalue weighted by Crippen LogP contribution is -2.11. The Bertz CT molecular complexity index is 784. The molecule has 3 rings (SSSR count). The lowest BCUT2D eigenvalue weighted by Gasteiger charge is -2.10. The largest absolute Gasteiger partial charge is 0.318 e. The van der Waals surface area contributed by atoms with E-state index in [1.54, 1.807) is 16.7 Å². The summed E-state index contributed by atoms with van der Waals surface area (Å²) in [5.41, 5.74) is 3.55. The van der Waals surface area contributed by atoms with Crippen LogP contribution in [0.3, 0.4) is 0 Å². The summed E-state index contributed by atoms with van der Waals surface area (Å²) in [6, 6.07) is 8.24. The third-order valence-corrected chi connectivity index (χ3v) is 3.45. The van der Waals surface area contributed by atoms with Crippen molar-refractivity contribution in [1.29, 1.82) is 5.41 Å². The Morgan fingerprint density at radius 3 is 2.33 bits per heavy atom. The van der Waals surface area contributed by atoms with Crippen LogP contribution in [0.5, 0.6) is 0 Å². The van der Waals surface area contributed by atoms with Gasteiger partial charge in [0.2, 0.25) is 0 Å². The van der Waals surface area contributed by atoms with E-state index in [4.69, 9.17) is 5.41 Å². The molecule has 0 atom stereocenters. The van der Waals surface area contributed by atoms with Gasteiger partial charge in [-0.3, -0.25) is 9.98 Å². The first-order valence-electron chi connectivity index (χ1n) is 6.46. The van der Waals surface area contributed by atoms with Gasteiger partial charge < -0.3 is 4.57 Å². The van der Waals surface area contributed by atoms with E-state index in [1.165, 1.54) is 24.8 Å². The number of aromatic nitrogens is 4. The number of hydrogen-bond acceptors (Lipinski definition) is 3. The molecule has 3 aromatic rings. The molecule has 0 aliphatic heterocycles. The van der Waals surface area contributed by atoms with Crippen LogP contribution in [0, 0.1) is 25.1 Å². The predicted octanol–water partition coefficient (Wildman–Crippen LogP) is 2.70. The Balaban J connectivity index is 2.08. The van der Waals surface area contributed by atoms with Crippen molar-refractivity contribution < 1.29 is 4.39 Å². The van der Waals surface area contributed by atoms with Gasteiger partial charge in [-0.1, -0.05) is 0 Å². The minimum absolute atomic E-state index is 0.265. The normalized spacial score (nSPS) is 10.8. The summed E-state index contributed by atoms with van der Waals surface area (Å²) in [5, 5.41) is 15.7. The summed E-state index contributed by atoms with van der Waals surface area (Å²) >= 11 is 0. The fourth-order valence-corrected chi connectivity index (χ4v) is 2.45. The second-order valence-corrected chi connectivity index (χ2v) is 4.81. The molecule has 1 aromatic carbocycles. The van der Waals surface area contributed by atoms with Crippen LogP contribution in [-0.4, -0.2) is 25.2 Å². The number of benzene rings is 1. The van der Waals surface area contributed by atoms with Crippen molar-refractivity contribution in [2.45, 2.75) is 13.8 Å². The third kappa shape index (κ3) is 2.24. The summed E-state index contributed by atoms with van der Waals surface area (Å²) in [4.78, 5) is 0. The molecule has 0 saturated carbocycles. The number of nitrogens with zero attached hydrogens (tertiary/aromatic N) is 4. The summed E-state index contributed by atoms with van der Waals surface area (Å²) in [7, 11) is 0. The van der Waals surface area contributed by atoms with Crippen LogP contribution in [0.2, 0.25) is 0 Å². The summed E-state index contributed by atoms with van der Waals surface area (Å²) in [6.45, 7) is 3.89. The smallest absolute Gasteiger partial charge is 0.140 e. The molecule has 0 spiro atoms. The predicted molar refractivity (Wildman–Crippen MR) is 77.4 cm³/mol. The maximum atomic E-state index is 13.1. The van der Waals surface area contributed by atoms with E-state index in [-0.39, 0.29) is 5.82 Å². The van der Waals surface area contributed by atoms with Crippen molar-refractivity contribution in [3.63, 3.8) is 0 Å². The van der Waals surface area contributed by atoms with Gasteiger partial charge in [0.1, 0.15) is 24.3 Å². The molecule has 0 radical (unpaired) electrons. The van der Waals surface area contributed by atoms with Gasteiger partial charge in [-0.15, -0.1) is 10.2 Å². The molecule has 0 aliphatic carbocycles. The van der Waals surface area contributed by atoms with Gasteiger partial charge in [0.25, 0.3) is 0 Å². The molecule has 1 N–H and O–H groups in total. The highest BCUT2D eigenvalue weighted by atomic mass is 19.1. The second kappa shape index (κ2) is 4.97. The van der Waals surface area contributed by atoms with Crippen LogP contribution in [0.25, 0.3) is 5.69 Å². The highest BCUT2D eigenvalue weighted by Crippen LogP contribution is 2.21. The zero-order valence-corrected chi connectivity index (χ0v) is 11.7. The van der Waals surface area contributed by atoms with E-state index in [9.17, 15) is 4.39 Å². The molecular weight excluding hydrogens is 269 g/mol. The van der Waals surface area contributed by atoms with E-state index < -0.39 is 0 Å². The van der Waals surface area contributed by atoms with Crippen molar-refractivity contribution in [2.24, 2.45) is 0 Å².